The molecule has 0 radical (unpaired) electrons. The Bertz CT molecular complexity index is 1080. The molecule has 1 N–H and O–H groups in total. The number of benzene rings is 3. The van der Waals surface area contributed by atoms with E-state index in [0.717, 1.165) is 36.1 Å². The molecule has 0 spiro atoms. The van der Waals surface area contributed by atoms with Crippen molar-refractivity contribution in [3.05, 3.63) is 108 Å². The van der Waals surface area contributed by atoms with Gasteiger partial charge in [-0.05, 0) is 50.3 Å². The highest BCUT2D eigenvalue weighted by Gasteiger charge is 2.49. The van der Waals surface area contributed by atoms with Crippen molar-refractivity contribution in [2.75, 3.05) is 12.3 Å². The minimum Gasteiger partial charge on any atom is -0.390 e. The lowest BCUT2D eigenvalue weighted by Crippen LogP contribution is -2.55. The molecule has 1 aliphatic rings. The van der Waals surface area contributed by atoms with E-state index in [9.17, 15) is 13.5 Å². The number of hydrogen-bond donors (Lipinski definition) is 1. The highest BCUT2D eigenvalue weighted by Crippen LogP contribution is 2.46. The van der Waals surface area contributed by atoms with Crippen molar-refractivity contribution in [2.24, 2.45) is 0 Å². The Labute approximate surface area is 204 Å². The summed E-state index contributed by atoms with van der Waals surface area (Å²) < 4.78 is 25.1. The molecule has 0 amide bonds. The number of hydrogen-bond acceptors (Lipinski definition) is 4. The van der Waals surface area contributed by atoms with Crippen LogP contribution in [0.1, 0.15) is 50.3 Å². The largest absolute Gasteiger partial charge is 0.390 e. The van der Waals surface area contributed by atoms with Gasteiger partial charge in [0.1, 0.15) is 0 Å². The number of aliphatic hydroxyl groups is 1. The van der Waals surface area contributed by atoms with Crippen LogP contribution in [0.2, 0.25) is 0 Å². The molecule has 3 aromatic carbocycles. The molecule has 2 atom stereocenters. The summed E-state index contributed by atoms with van der Waals surface area (Å²) in [4.78, 5) is 2.34. The molecule has 3 aromatic rings. The van der Waals surface area contributed by atoms with Crippen molar-refractivity contribution in [3.8, 4) is 0 Å². The van der Waals surface area contributed by atoms with Gasteiger partial charge in [0, 0.05) is 12.6 Å². The lowest BCUT2D eigenvalue weighted by molar-refractivity contribution is 0.0450. The van der Waals surface area contributed by atoms with Crippen molar-refractivity contribution in [1.29, 1.82) is 0 Å². The Hall–Kier alpha value is -2.47. The monoisotopic (exact) mass is 477 g/mol. The lowest BCUT2D eigenvalue weighted by atomic mass is 9.75. The van der Waals surface area contributed by atoms with Gasteiger partial charge in [0.25, 0.3) is 0 Å². The minimum atomic E-state index is -3.47. The normalized spacial score (nSPS) is 18.6. The summed E-state index contributed by atoms with van der Waals surface area (Å²) in [5, 5.41) is 11.4. The maximum atomic E-state index is 13.0. The van der Waals surface area contributed by atoms with Gasteiger partial charge in [-0.15, -0.1) is 0 Å². The first-order valence-electron chi connectivity index (χ1n) is 12.0. The van der Waals surface area contributed by atoms with Gasteiger partial charge in [-0.1, -0.05) is 91.0 Å². The van der Waals surface area contributed by atoms with E-state index in [-0.39, 0.29) is 11.8 Å². The second kappa shape index (κ2) is 9.65. The zero-order valence-corrected chi connectivity index (χ0v) is 21.1. The summed E-state index contributed by atoms with van der Waals surface area (Å²) in [5.41, 5.74) is 2.65. The third-order valence-electron chi connectivity index (χ3n) is 7.07. The number of likely N-dealkylation sites (tertiary alicyclic amines) is 1. The summed E-state index contributed by atoms with van der Waals surface area (Å²) in [6.45, 7) is 5.85. The maximum Gasteiger partial charge on any atom is 0.157 e. The first-order chi connectivity index (χ1) is 16.2. The Morgan fingerprint density at radius 2 is 1.24 bits per heavy atom. The molecule has 1 heterocycles. The van der Waals surface area contributed by atoms with Crippen LogP contribution in [0, 0.1) is 0 Å². The van der Waals surface area contributed by atoms with Crippen LogP contribution >= 0.6 is 0 Å². The molecule has 0 saturated carbocycles. The predicted molar refractivity (Wildman–Crippen MR) is 138 cm³/mol. The Balaban J connectivity index is 1.90. The molecule has 1 fully saturated rings. The van der Waals surface area contributed by atoms with Crippen molar-refractivity contribution in [1.82, 2.24) is 4.90 Å². The van der Waals surface area contributed by atoms with Crippen LogP contribution in [0.15, 0.2) is 91.0 Å². The summed E-state index contributed by atoms with van der Waals surface area (Å²) >= 11 is 0. The summed E-state index contributed by atoms with van der Waals surface area (Å²) in [5.74, 6) is -0.244. The van der Waals surface area contributed by atoms with E-state index in [2.05, 4.69) is 41.3 Å². The molecule has 4 nitrogen and oxygen atoms in total. The van der Waals surface area contributed by atoms with E-state index in [1.54, 1.807) is 20.8 Å². The quantitative estimate of drug-likeness (QED) is 0.486. The molecule has 0 bridgehead atoms. The van der Waals surface area contributed by atoms with Crippen LogP contribution < -0.4 is 0 Å². The summed E-state index contributed by atoms with van der Waals surface area (Å²) in [6, 6.07) is 30.8. The van der Waals surface area contributed by atoms with E-state index >= 15 is 0 Å². The van der Waals surface area contributed by atoms with Crippen LogP contribution in [0.5, 0.6) is 0 Å². The van der Waals surface area contributed by atoms with Crippen molar-refractivity contribution in [2.45, 2.75) is 56.0 Å². The molecule has 0 aromatic heterocycles. The minimum absolute atomic E-state index is 0.244. The predicted octanol–water partition coefficient (Wildman–Crippen LogP) is 5.02. The van der Waals surface area contributed by atoms with Gasteiger partial charge in [-0.3, -0.25) is 4.90 Å². The van der Waals surface area contributed by atoms with E-state index < -0.39 is 26.2 Å². The Morgan fingerprint density at radius 1 is 0.824 bits per heavy atom. The van der Waals surface area contributed by atoms with Crippen LogP contribution in [0.4, 0.5) is 0 Å². The van der Waals surface area contributed by atoms with Crippen LogP contribution in [0.25, 0.3) is 0 Å². The van der Waals surface area contributed by atoms with Gasteiger partial charge in [0.05, 0.1) is 22.1 Å². The van der Waals surface area contributed by atoms with Crippen molar-refractivity contribution >= 4 is 9.84 Å². The zero-order valence-electron chi connectivity index (χ0n) is 20.3. The highest BCUT2D eigenvalue weighted by atomic mass is 32.2. The van der Waals surface area contributed by atoms with E-state index in [1.807, 2.05) is 54.6 Å². The van der Waals surface area contributed by atoms with Gasteiger partial charge >= 0.3 is 0 Å². The first-order valence-corrected chi connectivity index (χ1v) is 13.7. The van der Waals surface area contributed by atoms with Gasteiger partial charge in [0.15, 0.2) is 9.84 Å². The average Bonchev–Trinajstić information content (AvgIpc) is 3.31. The van der Waals surface area contributed by atoms with E-state index in [4.69, 9.17) is 0 Å². The molecular formula is C29H35NO3S. The highest BCUT2D eigenvalue weighted by molar-refractivity contribution is 7.92. The van der Waals surface area contributed by atoms with Crippen LogP contribution in [-0.2, 0) is 15.4 Å². The molecule has 4 rings (SSSR count). The fraction of sp³-hybridized carbons (Fsp3) is 0.379. The Kier molecular flexibility index (Phi) is 6.99. The summed E-state index contributed by atoms with van der Waals surface area (Å²) in [6.07, 6.45) is 0.655. The number of nitrogens with zero attached hydrogens (tertiary/aromatic N) is 1. The van der Waals surface area contributed by atoms with Crippen molar-refractivity contribution < 1.29 is 13.5 Å². The molecule has 34 heavy (non-hydrogen) atoms. The van der Waals surface area contributed by atoms with Gasteiger partial charge in [0.2, 0.25) is 0 Å². The SMILES string of the molecule is CC(C)(C)S(=O)(=O)C[C@H](O)[C@H]1CCCN1C(c1ccccc1)(c1ccccc1)c1ccccc1. The fourth-order valence-corrected chi connectivity index (χ4v) is 6.40. The molecule has 1 saturated heterocycles. The molecule has 5 heteroatoms. The number of rotatable bonds is 7. The third kappa shape index (κ3) is 4.45. The van der Waals surface area contributed by atoms with Crippen LogP contribution in [0.3, 0.4) is 0 Å². The molecule has 0 aliphatic carbocycles. The van der Waals surface area contributed by atoms with E-state index in [1.165, 1.54) is 0 Å². The van der Waals surface area contributed by atoms with E-state index in [0.29, 0.717) is 0 Å². The molecular weight excluding hydrogens is 442 g/mol. The fourth-order valence-electron chi connectivity index (χ4n) is 5.23. The second-order valence-electron chi connectivity index (χ2n) is 10.2. The number of aliphatic hydroxyl groups excluding tert-OH is 1. The third-order valence-corrected chi connectivity index (χ3v) is 9.72. The van der Waals surface area contributed by atoms with Crippen LogP contribution in [-0.4, -0.2) is 47.6 Å². The molecule has 1 aliphatic heterocycles. The molecule has 0 unspecified atom stereocenters. The van der Waals surface area contributed by atoms with Crippen molar-refractivity contribution in [3.63, 3.8) is 0 Å². The lowest BCUT2D eigenvalue weighted by Gasteiger charge is -2.47. The maximum absolute atomic E-state index is 13.0. The van der Waals surface area contributed by atoms with Gasteiger partial charge in [-0.2, -0.15) is 0 Å². The first kappa shape index (κ1) is 24.6. The number of sulfone groups is 1. The van der Waals surface area contributed by atoms with Gasteiger partial charge in [-0.25, -0.2) is 8.42 Å². The zero-order chi connectivity index (χ0) is 24.4. The Morgan fingerprint density at radius 3 is 1.62 bits per heavy atom. The van der Waals surface area contributed by atoms with Gasteiger partial charge < -0.3 is 5.11 Å². The summed E-state index contributed by atoms with van der Waals surface area (Å²) in [7, 11) is -3.47. The molecule has 180 valence electrons. The topological polar surface area (TPSA) is 57.6 Å². The second-order valence-corrected chi connectivity index (χ2v) is 13.0. The smallest absolute Gasteiger partial charge is 0.157 e. The average molecular weight is 478 g/mol. The standard InChI is InChI=1S/C29H35NO3S/c1-28(2,3)34(32,33)22-27(31)26-20-13-21-30(26)29(23-14-7-4-8-15-23,24-16-9-5-10-17-24)25-18-11-6-12-19-25/h4-12,14-19,26-27,31H,13,20-22H2,1-3H3/t26-,27+/m1/s1.